The van der Waals surface area contributed by atoms with E-state index in [4.69, 9.17) is 32.7 Å². The third kappa shape index (κ3) is 5.64. The number of amides is 1. The monoisotopic (exact) mass is 656 g/mol. The lowest BCUT2D eigenvalue weighted by Gasteiger charge is -2.23. The molecule has 15 heteroatoms. The van der Waals surface area contributed by atoms with Crippen LogP contribution >= 0.6 is 46.3 Å². The van der Waals surface area contributed by atoms with Crippen LogP contribution < -0.4 is 14.4 Å². The number of nitrogens with zero attached hydrogens (tertiary/aromatic N) is 4. The Morgan fingerprint density at radius 1 is 1.05 bits per heavy atom. The summed E-state index contributed by atoms with van der Waals surface area (Å²) in [6.45, 7) is 0.685. The highest BCUT2D eigenvalue weighted by atomic mass is 35.5. The quantitative estimate of drug-likeness (QED) is 0.0448. The Kier molecular flexibility index (Phi) is 7.97. The average Bonchev–Trinajstić information content (AvgIpc) is 3.57. The number of benzene rings is 3. The number of ketones is 1. The summed E-state index contributed by atoms with van der Waals surface area (Å²) in [5.74, 6) is -1.03. The molecule has 1 saturated heterocycles. The number of fused-ring (bicyclic) bond motifs is 1. The Bertz CT molecular complexity index is 1810. The van der Waals surface area contributed by atoms with Crippen molar-refractivity contribution >= 4 is 74.6 Å². The first kappa shape index (κ1) is 28.9. The van der Waals surface area contributed by atoms with E-state index in [-0.39, 0.29) is 22.0 Å². The van der Waals surface area contributed by atoms with Crippen LogP contribution in [0.25, 0.3) is 5.76 Å². The van der Waals surface area contributed by atoms with Gasteiger partial charge >= 0.3 is 5.91 Å². The van der Waals surface area contributed by atoms with E-state index in [0.29, 0.717) is 50.4 Å². The second-order valence-corrected chi connectivity index (χ2v) is 12.3. The first-order chi connectivity index (χ1) is 20.7. The summed E-state index contributed by atoms with van der Waals surface area (Å²) in [5.41, 5.74) is 0.998. The molecule has 4 aromatic rings. The number of Topliss-reactive ketones (excluding diaryl/α,β-unsaturated/α-hetero) is 1. The second kappa shape index (κ2) is 11.8. The number of hydrogen-bond donors (Lipinski definition) is 1. The predicted octanol–water partition coefficient (Wildman–Crippen LogP) is 6.44. The minimum atomic E-state index is -1.15. The zero-order valence-corrected chi connectivity index (χ0v) is 24.9. The molecule has 1 fully saturated rings. The third-order valence-corrected chi connectivity index (χ3v) is 9.34. The molecule has 2 aliphatic rings. The van der Waals surface area contributed by atoms with Crippen LogP contribution in [0.2, 0.25) is 10.0 Å². The molecule has 43 heavy (non-hydrogen) atoms. The summed E-state index contributed by atoms with van der Waals surface area (Å²) in [6, 6.07) is 14.0. The van der Waals surface area contributed by atoms with Crippen molar-refractivity contribution in [2.24, 2.45) is 0 Å². The molecule has 0 aliphatic carbocycles. The number of anilines is 1. The number of ether oxygens (including phenoxy) is 2. The lowest BCUT2D eigenvalue weighted by Crippen LogP contribution is -2.29. The summed E-state index contributed by atoms with van der Waals surface area (Å²) in [7, 11) is 0. The van der Waals surface area contributed by atoms with Gasteiger partial charge in [0.1, 0.15) is 19.0 Å². The molecule has 3 heterocycles. The fourth-order valence-electron chi connectivity index (χ4n) is 4.61. The van der Waals surface area contributed by atoms with Gasteiger partial charge in [-0.25, -0.2) is 0 Å². The van der Waals surface area contributed by atoms with Crippen molar-refractivity contribution < 1.29 is 29.1 Å². The number of thioether (sulfide) groups is 1. The van der Waals surface area contributed by atoms with Crippen LogP contribution in [0.5, 0.6) is 11.5 Å². The van der Waals surface area contributed by atoms with Crippen LogP contribution in [0.4, 0.5) is 10.8 Å². The summed E-state index contributed by atoms with van der Waals surface area (Å²) in [5, 5.41) is 32.2. The number of rotatable bonds is 7. The molecule has 11 nitrogen and oxygen atoms in total. The lowest BCUT2D eigenvalue weighted by atomic mass is 9.95. The molecule has 2 aliphatic heterocycles. The molecule has 6 rings (SSSR count). The molecule has 1 atom stereocenters. The summed E-state index contributed by atoms with van der Waals surface area (Å²) in [4.78, 5) is 38.8. The Hall–Kier alpha value is -4.17. The van der Waals surface area contributed by atoms with E-state index in [2.05, 4.69) is 10.2 Å². The molecule has 0 saturated carbocycles. The number of carbonyl (C=O) groups excluding carboxylic acids is 2. The Morgan fingerprint density at radius 2 is 1.79 bits per heavy atom. The van der Waals surface area contributed by atoms with Crippen LogP contribution in [-0.4, -0.2) is 45.1 Å². The summed E-state index contributed by atoms with van der Waals surface area (Å²) in [6.07, 6.45) is 0. The first-order valence-corrected chi connectivity index (χ1v) is 15.1. The van der Waals surface area contributed by atoms with Crippen LogP contribution in [0, 0.1) is 10.1 Å². The van der Waals surface area contributed by atoms with E-state index >= 15 is 0 Å². The fraction of sp³-hybridized carbons (Fsp3) is 0.143. The van der Waals surface area contributed by atoms with Crippen LogP contribution in [0.15, 0.2) is 70.6 Å². The van der Waals surface area contributed by atoms with Gasteiger partial charge in [-0.1, -0.05) is 52.4 Å². The van der Waals surface area contributed by atoms with E-state index in [1.807, 2.05) is 0 Å². The summed E-state index contributed by atoms with van der Waals surface area (Å²) < 4.78 is 11.7. The minimum Gasteiger partial charge on any atom is -0.507 e. The highest BCUT2D eigenvalue weighted by Crippen LogP contribution is 2.45. The van der Waals surface area contributed by atoms with Gasteiger partial charge in [-0.2, -0.15) is 0 Å². The van der Waals surface area contributed by atoms with Crippen molar-refractivity contribution in [1.82, 2.24) is 10.2 Å². The molecule has 0 bridgehead atoms. The van der Waals surface area contributed by atoms with Crippen LogP contribution in [-0.2, 0) is 15.3 Å². The number of carbonyl (C=O) groups is 2. The van der Waals surface area contributed by atoms with Gasteiger partial charge in [0.05, 0.1) is 16.5 Å². The number of non-ortho nitro benzene ring substituents is 1. The van der Waals surface area contributed by atoms with Gasteiger partial charge in [0.25, 0.3) is 11.5 Å². The van der Waals surface area contributed by atoms with Gasteiger partial charge in [-0.15, -0.1) is 10.2 Å². The van der Waals surface area contributed by atoms with Gasteiger partial charge in [0.2, 0.25) is 5.13 Å². The molecule has 1 aromatic heterocycles. The fourth-order valence-corrected chi connectivity index (χ4v) is 7.03. The van der Waals surface area contributed by atoms with E-state index < -0.39 is 28.4 Å². The van der Waals surface area contributed by atoms with Gasteiger partial charge in [0, 0.05) is 33.5 Å². The molecule has 3 aromatic carbocycles. The SMILES string of the molecule is O=C1C(=O)N(c2nnc(SCc3ccc(Cl)cc3Cl)s2)C(c2ccc([N+](=O)[O-])cc2)/C1=C(\O)c1ccc2c(c1)OCCO2. The second-order valence-electron chi connectivity index (χ2n) is 9.25. The standard InChI is InChI=1S/C28H18Cl2N4O7S2/c29-17-5-1-16(19(30)12-17)13-42-28-32-31-27(43-28)33-23(14-2-6-18(7-3-14)34(38)39)22(25(36)26(33)37)24(35)15-4-8-20-21(11-15)41-10-9-40-20/h1-8,11-12,23,35H,9-10,13H2/b24-22+. The minimum absolute atomic E-state index is 0.108. The zero-order valence-electron chi connectivity index (χ0n) is 21.7. The van der Waals surface area contributed by atoms with Crippen molar-refractivity contribution in [3.8, 4) is 11.5 Å². The normalized spacial score (nSPS) is 17.3. The molecule has 0 radical (unpaired) electrons. The van der Waals surface area contributed by atoms with Crippen LogP contribution in [0.3, 0.4) is 0 Å². The van der Waals surface area contributed by atoms with E-state index in [1.165, 1.54) is 42.1 Å². The van der Waals surface area contributed by atoms with Crippen molar-refractivity contribution in [3.05, 3.63) is 103 Å². The van der Waals surface area contributed by atoms with Crippen molar-refractivity contribution in [1.29, 1.82) is 0 Å². The van der Waals surface area contributed by atoms with Gasteiger partial charge < -0.3 is 14.6 Å². The van der Waals surface area contributed by atoms with Crippen LogP contribution in [0.1, 0.15) is 22.7 Å². The first-order valence-electron chi connectivity index (χ1n) is 12.6. The molecule has 1 N–H and O–H groups in total. The van der Waals surface area contributed by atoms with E-state index in [1.54, 1.807) is 30.3 Å². The number of halogens is 2. The van der Waals surface area contributed by atoms with E-state index in [9.17, 15) is 24.8 Å². The zero-order chi connectivity index (χ0) is 30.2. The Balaban J connectivity index is 1.39. The number of aliphatic hydroxyl groups is 1. The molecular formula is C28H18Cl2N4O7S2. The topological polar surface area (TPSA) is 145 Å². The summed E-state index contributed by atoms with van der Waals surface area (Å²) >= 11 is 14.7. The lowest BCUT2D eigenvalue weighted by molar-refractivity contribution is -0.384. The number of aromatic nitrogens is 2. The number of nitro groups is 1. The highest BCUT2D eigenvalue weighted by molar-refractivity contribution is 8.00. The van der Waals surface area contributed by atoms with Gasteiger partial charge in [-0.05, 0) is 53.6 Å². The smallest absolute Gasteiger partial charge is 0.301 e. The molecule has 218 valence electrons. The van der Waals surface area contributed by atoms with Crippen molar-refractivity contribution in [3.63, 3.8) is 0 Å². The Morgan fingerprint density at radius 3 is 2.51 bits per heavy atom. The maximum Gasteiger partial charge on any atom is 0.301 e. The molecule has 1 unspecified atom stereocenters. The van der Waals surface area contributed by atoms with Gasteiger partial charge in [-0.3, -0.25) is 24.6 Å². The highest BCUT2D eigenvalue weighted by Gasteiger charge is 2.48. The molecule has 1 amide bonds. The maximum atomic E-state index is 13.5. The third-order valence-electron chi connectivity index (χ3n) is 6.65. The van der Waals surface area contributed by atoms with Gasteiger partial charge in [0.15, 0.2) is 15.8 Å². The van der Waals surface area contributed by atoms with E-state index in [0.717, 1.165) is 21.8 Å². The number of hydrogen-bond acceptors (Lipinski definition) is 11. The predicted molar refractivity (Wildman–Crippen MR) is 161 cm³/mol. The maximum absolute atomic E-state index is 13.5. The molecular weight excluding hydrogens is 639 g/mol. The molecule has 0 spiro atoms. The average molecular weight is 658 g/mol. The largest absolute Gasteiger partial charge is 0.507 e. The number of aliphatic hydroxyl groups excluding tert-OH is 1. The number of nitro benzene ring substituents is 1. The Labute approximate surface area is 261 Å². The van der Waals surface area contributed by atoms with Crippen molar-refractivity contribution in [2.75, 3.05) is 18.1 Å². The van der Waals surface area contributed by atoms with Crippen molar-refractivity contribution in [2.45, 2.75) is 16.1 Å².